The minimum absolute atomic E-state index is 0.0233. The molecule has 3 aliphatic carbocycles. The lowest BCUT2D eigenvalue weighted by atomic mass is 9.42. The van der Waals surface area contributed by atoms with E-state index in [1.54, 1.807) is 4.90 Å². The van der Waals surface area contributed by atoms with E-state index in [4.69, 9.17) is 19.3 Å². The lowest BCUT2D eigenvalue weighted by molar-refractivity contribution is -0.208. The van der Waals surface area contributed by atoms with Gasteiger partial charge in [-0.05, 0) is 61.8 Å². The van der Waals surface area contributed by atoms with Crippen molar-refractivity contribution in [1.29, 1.82) is 5.26 Å². The summed E-state index contributed by atoms with van der Waals surface area (Å²) < 4.78 is 18.8. The number of alkyl carbamates (subject to hydrolysis) is 1. The molecule has 2 heterocycles. The fourth-order valence-corrected chi connectivity index (χ4v) is 7.37. The molecule has 1 unspecified atom stereocenters. The molecule has 8 nitrogen and oxygen atoms in total. The van der Waals surface area contributed by atoms with Crippen molar-refractivity contribution < 1.29 is 23.6 Å². The van der Waals surface area contributed by atoms with Gasteiger partial charge in [0.25, 0.3) is 0 Å². The Hall–Kier alpha value is -2.57. The van der Waals surface area contributed by atoms with E-state index in [0.29, 0.717) is 24.8 Å². The zero-order valence-corrected chi connectivity index (χ0v) is 22.2. The highest BCUT2D eigenvalue weighted by atomic mass is 16.7. The first-order chi connectivity index (χ1) is 17.8. The molecule has 5 fully saturated rings. The van der Waals surface area contributed by atoms with Gasteiger partial charge in [-0.25, -0.2) is 4.79 Å². The highest BCUT2D eigenvalue weighted by Crippen LogP contribution is 2.67. The lowest BCUT2D eigenvalue weighted by Gasteiger charge is -2.65. The number of hydrogen-bond acceptors (Lipinski definition) is 6. The van der Waals surface area contributed by atoms with Crippen LogP contribution in [0.15, 0.2) is 30.3 Å². The average Bonchev–Trinajstić information content (AvgIpc) is 3.51. The van der Waals surface area contributed by atoms with Crippen molar-refractivity contribution in [2.24, 2.45) is 17.3 Å². The molecule has 0 spiro atoms. The van der Waals surface area contributed by atoms with Crippen LogP contribution in [0.4, 0.5) is 4.79 Å². The number of nitrogens with zero attached hydrogens (tertiary/aromatic N) is 2. The minimum atomic E-state index is -0.566. The second kappa shape index (κ2) is 10.3. The highest BCUT2D eigenvalue weighted by Gasteiger charge is 2.69. The number of ether oxygens (including phenoxy) is 1. The maximum atomic E-state index is 13.0. The van der Waals surface area contributed by atoms with Crippen LogP contribution in [0.2, 0.25) is 0 Å². The summed E-state index contributed by atoms with van der Waals surface area (Å²) in [7, 11) is -0.566. The molecular formula is C28H38BN3O5. The molecule has 2 aliphatic heterocycles. The van der Waals surface area contributed by atoms with Gasteiger partial charge in [0.15, 0.2) is 0 Å². The van der Waals surface area contributed by atoms with E-state index in [9.17, 15) is 9.59 Å². The molecule has 1 aromatic carbocycles. The molecule has 0 aromatic heterocycles. The number of nitriles is 1. The maximum absolute atomic E-state index is 13.0. The number of carbonyl (C=O) groups excluding carboxylic acids is 2. The molecule has 9 heteroatoms. The van der Waals surface area contributed by atoms with Crippen LogP contribution >= 0.6 is 0 Å². The predicted molar refractivity (Wildman–Crippen MR) is 138 cm³/mol. The average molecular weight is 507 g/mol. The van der Waals surface area contributed by atoms with Gasteiger partial charge in [-0.2, -0.15) is 5.26 Å². The number of amides is 2. The number of rotatable bonds is 8. The monoisotopic (exact) mass is 507 g/mol. The smallest absolute Gasteiger partial charge is 0.447 e. The number of likely N-dealkylation sites (tertiary alicyclic amines) is 1. The number of hydrogen-bond donors (Lipinski definition) is 1. The third kappa shape index (κ3) is 4.75. The quantitative estimate of drug-likeness (QED) is 0.536. The Labute approximate surface area is 220 Å². The highest BCUT2D eigenvalue weighted by molar-refractivity contribution is 6.47. The summed E-state index contributed by atoms with van der Waals surface area (Å²) >= 11 is 0. The predicted octanol–water partition coefficient (Wildman–Crippen LogP) is 3.89. The summed E-state index contributed by atoms with van der Waals surface area (Å²) in [6.07, 6.45) is 4.77. The van der Waals surface area contributed by atoms with Crippen LogP contribution in [0.5, 0.6) is 0 Å². The van der Waals surface area contributed by atoms with E-state index in [-0.39, 0.29) is 42.1 Å². The van der Waals surface area contributed by atoms with Crippen molar-refractivity contribution in [1.82, 2.24) is 10.2 Å². The van der Waals surface area contributed by atoms with Gasteiger partial charge in [-0.1, -0.05) is 50.6 Å². The van der Waals surface area contributed by atoms with Crippen LogP contribution in [-0.2, 0) is 25.3 Å². The molecule has 1 N–H and O–H groups in total. The molecule has 0 radical (unpaired) electrons. The summed E-state index contributed by atoms with van der Waals surface area (Å²) in [6, 6.07) is 11.7. The van der Waals surface area contributed by atoms with E-state index in [1.165, 1.54) is 6.42 Å². The number of carbonyl (C=O) groups is 2. The first-order valence-electron chi connectivity index (χ1n) is 13.8. The van der Waals surface area contributed by atoms with Gasteiger partial charge in [0.05, 0.1) is 29.8 Å². The van der Waals surface area contributed by atoms with Gasteiger partial charge in [0.1, 0.15) is 13.0 Å². The van der Waals surface area contributed by atoms with Gasteiger partial charge in [-0.3, -0.25) is 4.79 Å². The molecule has 198 valence electrons. The van der Waals surface area contributed by atoms with E-state index in [2.05, 4.69) is 26.1 Å². The summed E-state index contributed by atoms with van der Waals surface area (Å²) in [5.74, 6) is 0.480. The third-order valence-corrected chi connectivity index (χ3v) is 9.77. The fourth-order valence-electron chi connectivity index (χ4n) is 7.37. The summed E-state index contributed by atoms with van der Waals surface area (Å²) in [5.41, 5.74) is 0.989. The van der Waals surface area contributed by atoms with Crippen molar-refractivity contribution in [2.45, 2.75) is 89.4 Å². The van der Waals surface area contributed by atoms with Crippen molar-refractivity contribution in [3.8, 4) is 6.07 Å². The van der Waals surface area contributed by atoms with Crippen molar-refractivity contribution in [2.75, 3.05) is 13.2 Å². The first kappa shape index (κ1) is 26.1. The fraction of sp³-hybridized carbons (Fsp3) is 0.679. The maximum Gasteiger partial charge on any atom is 0.482 e. The van der Waals surface area contributed by atoms with Gasteiger partial charge >= 0.3 is 13.2 Å². The Morgan fingerprint density at radius 1 is 1.30 bits per heavy atom. The molecule has 7 atom stereocenters. The van der Waals surface area contributed by atoms with E-state index >= 15 is 0 Å². The number of benzene rings is 1. The SMILES string of the molecule is CCC1(C)[C@@H]2C[C@H]3OB([C@H](Cc4ccccc4)NC(=O)OC[C@H]4CCCN4C(=O)CC#N)O[C@@]3(C)[C@H]1C2. The molecular weight excluding hydrogens is 469 g/mol. The summed E-state index contributed by atoms with van der Waals surface area (Å²) in [6.45, 7) is 7.54. The zero-order valence-electron chi connectivity index (χ0n) is 22.2. The largest absolute Gasteiger partial charge is 0.482 e. The standard InChI is InChI=1S/C28H38BN3O5/c1-4-27(2)20-16-22(27)28(3)23(17-20)36-29(37-28)24(15-19-9-6-5-7-10-19)31-26(34)35-18-21-11-8-14-32(21)25(33)12-13-30/h5-7,9-10,20-24H,4,8,11-12,14-18H2,1-3H3,(H,31,34)/t20-,21+,22-,23+,24-,27?,28-/m0/s1. The van der Waals surface area contributed by atoms with Crippen LogP contribution in [0.3, 0.4) is 0 Å². The van der Waals surface area contributed by atoms with E-state index < -0.39 is 19.2 Å². The topological polar surface area (TPSA) is 101 Å². The van der Waals surface area contributed by atoms with Gasteiger partial charge in [0, 0.05) is 6.54 Å². The lowest BCUT2D eigenvalue weighted by Crippen LogP contribution is -2.66. The van der Waals surface area contributed by atoms with Crippen LogP contribution in [0.1, 0.15) is 64.9 Å². The zero-order chi connectivity index (χ0) is 26.2. The Morgan fingerprint density at radius 2 is 2.08 bits per heavy atom. The summed E-state index contributed by atoms with van der Waals surface area (Å²) in [5, 5.41) is 11.9. The second-order valence-electron chi connectivity index (χ2n) is 11.6. The van der Waals surface area contributed by atoms with Gasteiger partial charge in [0.2, 0.25) is 5.91 Å². The molecule has 1 aromatic rings. The third-order valence-electron chi connectivity index (χ3n) is 9.77. The molecule has 2 amide bonds. The molecule has 2 saturated heterocycles. The molecule has 37 heavy (non-hydrogen) atoms. The van der Waals surface area contributed by atoms with Crippen LogP contribution in [-0.4, -0.2) is 60.9 Å². The first-order valence-corrected chi connectivity index (χ1v) is 13.8. The summed E-state index contributed by atoms with van der Waals surface area (Å²) in [4.78, 5) is 26.9. The molecule has 2 bridgehead atoms. The Morgan fingerprint density at radius 3 is 2.81 bits per heavy atom. The van der Waals surface area contributed by atoms with Crippen LogP contribution in [0, 0.1) is 28.6 Å². The van der Waals surface area contributed by atoms with Gasteiger partial charge < -0.3 is 24.3 Å². The van der Waals surface area contributed by atoms with Gasteiger partial charge in [-0.15, -0.1) is 0 Å². The second-order valence-corrected chi connectivity index (χ2v) is 11.6. The van der Waals surface area contributed by atoms with Crippen LogP contribution in [0.25, 0.3) is 0 Å². The van der Waals surface area contributed by atoms with Crippen molar-refractivity contribution >= 4 is 19.1 Å². The Balaban J connectivity index is 1.26. The minimum Gasteiger partial charge on any atom is -0.447 e. The molecule has 3 saturated carbocycles. The molecule has 5 aliphatic rings. The van der Waals surface area contributed by atoms with E-state index in [0.717, 1.165) is 31.2 Å². The van der Waals surface area contributed by atoms with Crippen LogP contribution < -0.4 is 5.32 Å². The van der Waals surface area contributed by atoms with Crippen molar-refractivity contribution in [3.05, 3.63) is 35.9 Å². The van der Waals surface area contributed by atoms with E-state index in [1.807, 2.05) is 36.4 Å². The Bertz CT molecular complexity index is 1050. The van der Waals surface area contributed by atoms with Crippen molar-refractivity contribution in [3.63, 3.8) is 0 Å². The number of nitrogens with one attached hydrogen (secondary N) is 1. The Kier molecular flexibility index (Phi) is 7.25. The molecule has 6 rings (SSSR count). The normalized spacial score (nSPS) is 34.8.